The summed E-state index contributed by atoms with van der Waals surface area (Å²) in [4.78, 5) is 14.1. The van der Waals surface area contributed by atoms with Crippen LogP contribution < -0.4 is 0 Å². The lowest BCUT2D eigenvalue weighted by atomic mass is 9.98. The molecule has 1 aliphatic heterocycles. The molecule has 1 saturated heterocycles. The SMILES string of the molecule is CC(=O)CC(c1cccc(C)c1)N1CCCCCC1. The highest BCUT2D eigenvalue weighted by Gasteiger charge is 2.22. The molecule has 1 aliphatic rings. The number of nitrogens with zero attached hydrogens (tertiary/aromatic N) is 1. The van der Waals surface area contributed by atoms with E-state index in [0.29, 0.717) is 6.42 Å². The van der Waals surface area contributed by atoms with Crippen LogP contribution in [0.1, 0.15) is 56.2 Å². The Hall–Kier alpha value is -1.15. The highest BCUT2D eigenvalue weighted by molar-refractivity contribution is 5.76. The van der Waals surface area contributed by atoms with E-state index < -0.39 is 0 Å². The molecule has 0 amide bonds. The second-order valence-corrected chi connectivity index (χ2v) is 5.79. The minimum absolute atomic E-state index is 0.274. The number of aryl methyl sites for hydroxylation is 1. The van der Waals surface area contributed by atoms with E-state index in [2.05, 4.69) is 36.1 Å². The first-order chi connectivity index (χ1) is 9.16. The first-order valence-corrected chi connectivity index (χ1v) is 7.47. The first-order valence-electron chi connectivity index (χ1n) is 7.47. The summed E-state index contributed by atoms with van der Waals surface area (Å²) < 4.78 is 0. The lowest BCUT2D eigenvalue weighted by Gasteiger charge is -2.30. The highest BCUT2D eigenvalue weighted by atomic mass is 16.1. The van der Waals surface area contributed by atoms with Gasteiger partial charge in [-0.25, -0.2) is 0 Å². The normalized spacial score (nSPS) is 18.8. The fraction of sp³-hybridized carbons (Fsp3) is 0.588. The van der Waals surface area contributed by atoms with Crippen LogP contribution in [0, 0.1) is 6.92 Å². The van der Waals surface area contributed by atoms with Gasteiger partial charge in [-0.15, -0.1) is 0 Å². The molecule has 1 unspecified atom stereocenters. The summed E-state index contributed by atoms with van der Waals surface area (Å²) >= 11 is 0. The topological polar surface area (TPSA) is 20.3 Å². The van der Waals surface area contributed by atoms with Crippen LogP contribution in [0.4, 0.5) is 0 Å². The first kappa shape index (κ1) is 14.3. The van der Waals surface area contributed by atoms with E-state index in [1.54, 1.807) is 6.92 Å². The van der Waals surface area contributed by atoms with Gasteiger partial charge in [0.05, 0.1) is 0 Å². The highest BCUT2D eigenvalue weighted by Crippen LogP contribution is 2.28. The Labute approximate surface area is 116 Å². The van der Waals surface area contributed by atoms with Gasteiger partial charge in [0, 0.05) is 12.5 Å². The van der Waals surface area contributed by atoms with E-state index >= 15 is 0 Å². The van der Waals surface area contributed by atoms with E-state index in [4.69, 9.17) is 0 Å². The zero-order chi connectivity index (χ0) is 13.7. The van der Waals surface area contributed by atoms with Crippen molar-refractivity contribution in [1.82, 2.24) is 4.90 Å². The zero-order valence-electron chi connectivity index (χ0n) is 12.2. The van der Waals surface area contributed by atoms with Gasteiger partial charge in [-0.2, -0.15) is 0 Å². The van der Waals surface area contributed by atoms with Crippen molar-refractivity contribution in [2.75, 3.05) is 13.1 Å². The van der Waals surface area contributed by atoms with Gasteiger partial charge in [-0.05, 0) is 45.3 Å². The Morgan fingerprint density at radius 3 is 2.47 bits per heavy atom. The van der Waals surface area contributed by atoms with Gasteiger partial charge in [0.15, 0.2) is 0 Å². The molecule has 0 aromatic heterocycles. The summed E-state index contributed by atoms with van der Waals surface area (Å²) in [5.74, 6) is 0.288. The molecule has 104 valence electrons. The Morgan fingerprint density at radius 1 is 1.21 bits per heavy atom. The molecule has 1 aromatic carbocycles. The van der Waals surface area contributed by atoms with Crippen LogP contribution >= 0.6 is 0 Å². The molecule has 0 bridgehead atoms. The molecule has 1 atom stereocenters. The van der Waals surface area contributed by atoms with Crippen molar-refractivity contribution in [1.29, 1.82) is 0 Å². The summed E-state index contributed by atoms with van der Waals surface area (Å²) in [5.41, 5.74) is 2.58. The number of ketones is 1. The number of benzene rings is 1. The van der Waals surface area contributed by atoms with E-state index in [1.807, 2.05) is 0 Å². The number of likely N-dealkylation sites (tertiary alicyclic amines) is 1. The van der Waals surface area contributed by atoms with Crippen LogP contribution in [0.5, 0.6) is 0 Å². The summed E-state index contributed by atoms with van der Waals surface area (Å²) in [6, 6.07) is 8.91. The number of rotatable bonds is 4. The van der Waals surface area contributed by atoms with E-state index in [-0.39, 0.29) is 11.8 Å². The van der Waals surface area contributed by atoms with Gasteiger partial charge in [0.25, 0.3) is 0 Å². The van der Waals surface area contributed by atoms with Gasteiger partial charge in [-0.3, -0.25) is 9.69 Å². The number of hydrogen-bond acceptors (Lipinski definition) is 2. The van der Waals surface area contributed by atoms with Crippen molar-refractivity contribution in [2.24, 2.45) is 0 Å². The average Bonchev–Trinajstić information content (AvgIpc) is 2.64. The van der Waals surface area contributed by atoms with Crippen molar-refractivity contribution in [3.8, 4) is 0 Å². The van der Waals surface area contributed by atoms with Crippen LogP contribution in [0.3, 0.4) is 0 Å². The quantitative estimate of drug-likeness (QED) is 0.817. The maximum Gasteiger partial charge on any atom is 0.131 e. The maximum atomic E-state index is 11.6. The summed E-state index contributed by atoms with van der Waals surface area (Å²) in [5, 5.41) is 0. The predicted molar refractivity (Wildman–Crippen MR) is 79.3 cm³/mol. The summed E-state index contributed by atoms with van der Waals surface area (Å²) in [6.07, 6.45) is 5.83. The van der Waals surface area contributed by atoms with Gasteiger partial charge in [0.1, 0.15) is 5.78 Å². The van der Waals surface area contributed by atoms with Crippen molar-refractivity contribution >= 4 is 5.78 Å². The number of carbonyl (C=O) groups excluding carboxylic acids is 1. The van der Waals surface area contributed by atoms with Crippen molar-refractivity contribution in [3.63, 3.8) is 0 Å². The Kier molecular flexibility index (Phi) is 5.15. The molecule has 0 saturated carbocycles. The summed E-state index contributed by atoms with van der Waals surface area (Å²) in [7, 11) is 0. The largest absolute Gasteiger partial charge is 0.300 e. The third kappa shape index (κ3) is 4.17. The fourth-order valence-electron chi connectivity index (χ4n) is 3.01. The third-order valence-corrected chi connectivity index (χ3v) is 3.99. The summed E-state index contributed by atoms with van der Waals surface area (Å²) in [6.45, 7) is 6.09. The van der Waals surface area contributed by atoms with Gasteiger partial charge in [-0.1, -0.05) is 42.7 Å². The second kappa shape index (κ2) is 6.85. The lowest BCUT2D eigenvalue weighted by molar-refractivity contribution is -0.118. The predicted octanol–water partition coefficient (Wildman–Crippen LogP) is 3.89. The number of Topliss-reactive ketones (excluding diaryl/α,β-unsaturated/α-hetero) is 1. The minimum atomic E-state index is 0.274. The fourth-order valence-corrected chi connectivity index (χ4v) is 3.01. The Bertz CT molecular complexity index is 419. The monoisotopic (exact) mass is 259 g/mol. The second-order valence-electron chi connectivity index (χ2n) is 5.79. The average molecular weight is 259 g/mol. The lowest BCUT2D eigenvalue weighted by Crippen LogP contribution is -2.31. The molecule has 0 N–H and O–H groups in total. The molecular formula is C17H25NO. The Balaban J connectivity index is 2.21. The molecule has 0 aliphatic carbocycles. The zero-order valence-corrected chi connectivity index (χ0v) is 12.2. The van der Waals surface area contributed by atoms with Crippen molar-refractivity contribution in [3.05, 3.63) is 35.4 Å². The molecule has 2 heteroatoms. The molecule has 0 spiro atoms. The number of hydrogen-bond donors (Lipinski definition) is 0. The van der Waals surface area contributed by atoms with Crippen LogP contribution in [-0.4, -0.2) is 23.8 Å². The number of carbonyl (C=O) groups is 1. The molecular weight excluding hydrogens is 234 g/mol. The van der Waals surface area contributed by atoms with Gasteiger partial charge >= 0.3 is 0 Å². The van der Waals surface area contributed by atoms with Crippen LogP contribution in [-0.2, 0) is 4.79 Å². The van der Waals surface area contributed by atoms with Crippen LogP contribution in [0.2, 0.25) is 0 Å². The smallest absolute Gasteiger partial charge is 0.131 e. The van der Waals surface area contributed by atoms with Crippen LogP contribution in [0.25, 0.3) is 0 Å². The minimum Gasteiger partial charge on any atom is -0.300 e. The Morgan fingerprint density at radius 2 is 1.89 bits per heavy atom. The molecule has 2 nitrogen and oxygen atoms in total. The standard InChI is InChI=1S/C17H25NO/c1-14-8-7-9-16(12-14)17(13-15(2)19)18-10-5-3-4-6-11-18/h7-9,12,17H,3-6,10-11,13H2,1-2H3. The molecule has 19 heavy (non-hydrogen) atoms. The molecule has 1 fully saturated rings. The molecule has 0 radical (unpaired) electrons. The van der Waals surface area contributed by atoms with Crippen LogP contribution in [0.15, 0.2) is 24.3 Å². The van der Waals surface area contributed by atoms with Gasteiger partial charge in [0.2, 0.25) is 0 Å². The molecule has 1 aromatic rings. The van der Waals surface area contributed by atoms with E-state index in [1.165, 1.54) is 36.8 Å². The van der Waals surface area contributed by atoms with E-state index in [9.17, 15) is 4.79 Å². The van der Waals surface area contributed by atoms with Crippen molar-refractivity contribution in [2.45, 2.75) is 52.0 Å². The molecule has 1 heterocycles. The van der Waals surface area contributed by atoms with Gasteiger partial charge < -0.3 is 0 Å². The van der Waals surface area contributed by atoms with E-state index in [0.717, 1.165) is 13.1 Å². The van der Waals surface area contributed by atoms with Crippen molar-refractivity contribution < 1.29 is 4.79 Å². The maximum absolute atomic E-state index is 11.6. The third-order valence-electron chi connectivity index (χ3n) is 3.99. The molecule has 2 rings (SSSR count).